The zero-order valence-corrected chi connectivity index (χ0v) is 19.1. The normalized spacial score (nSPS) is 18.6. The van der Waals surface area contributed by atoms with Crippen molar-refractivity contribution in [1.29, 1.82) is 0 Å². The van der Waals surface area contributed by atoms with Crippen LogP contribution in [0.15, 0.2) is 36.5 Å². The molecule has 2 N–H and O–H groups in total. The largest absolute Gasteiger partial charge is 0.379 e. The maximum atomic E-state index is 5.53. The van der Waals surface area contributed by atoms with E-state index in [2.05, 4.69) is 55.3 Å². The first kappa shape index (κ1) is 21.8. The second-order valence-corrected chi connectivity index (χ2v) is 8.90. The van der Waals surface area contributed by atoms with Gasteiger partial charge in [0.25, 0.3) is 0 Å². The second kappa shape index (κ2) is 10.7. The van der Waals surface area contributed by atoms with Gasteiger partial charge in [-0.05, 0) is 31.6 Å². The summed E-state index contributed by atoms with van der Waals surface area (Å²) < 4.78 is 8.02. The van der Waals surface area contributed by atoms with Crippen molar-refractivity contribution < 1.29 is 4.74 Å². The molecule has 0 saturated carbocycles. The molecule has 0 aliphatic carbocycles. The summed E-state index contributed by atoms with van der Waals surface area (Å²) in [5.41, 5.74) is 3.75. The number of nitrogens with zero attached hydrogens (tertiary/aromatic N) is 4. The smallest absolute Gasteiger partial charge is 0.0784 e. The number of benzene rings is 1. The second-order valence-electron chi connectivity index (χ2n) is 8.90. The van der Waals surface area contributed by atoms with Crippen molar-refractivity contribution in [3.63, 3.8) is 0 Å². The number of para-hydroxylation sites is 1. The molecule has 0 amide bonds. The highest BCUT2D eigenvalue weighted by Crippen LogP contribution is 2.30. The minimum absolute atomic E-state index is 0.812. The van der Waals surface area contributed by atoms with Crippen molar-refractivity contribution in [3.8, 4) is 0 Å². The van der Waals surface area contributed by atoms with Crippen LogP contribution in [-0.2, 0) is 17.8 Å². The SMILES string of the molecule is c1ccc2c(c1)c1ccnc(CNCCCN3CCNCC3)c1n2CCN1CCOCC1. The van der Waals surface area contributed by atoms with E-state index in [9.17, 15) is 0 Å². The zero-order chi connectivity index (χ0) is 21.6. The summed E-state index contributed by atoms with van der Waals surface area (Å²) in [6.07, 6.45) is 3.15. The predicted octanol–water partition coefficient (Wildman–Crippen LogP) is 1.91. The van der Waals surface area contributed by atoms with Gasteiger partial charge in [-0.2, -0.15) is 0 Å². The van der Waals surface area contributed by atoms with Crippen molar-refractivity contribution >= 4 is 21.8 Å². The zero-order valence-electron chi connectivity index (χ0n) is 19.1. The van der Waals surface area contributed by atoms with Crippen LogP contribution in [0.3, 0.4) is 0 Å². The third-order valence-corrected chi connectivity index (χ3v) is 6.83. The first-order valence-corrected chi connectivity index (χ1v) is 12.2. The summed E-state index contributed by atoms with van der Waals surface area (Å²) in [4.78, 5) is 9.87. The number of piperazine rings is 1. The first-order valence-electron chi connectivity index (χ1n) is 12.2. The molecule has 0 radical (unpaired) electrons. The molecule has 1 aromatic carbocycles. The summed E-state index contributed by atoms with van der Waals surface area (Å²) in [6, 6.07) is 11.0. The van der Waals surface area contributed by atoms with Crippen LogP contribution in [0.2, 0.25) is 0 Å². The molecule has 2 saturated heterocycles. The van der Waals surface area contributed by atoms with Gasteiger partial charge in [-0.1, -0.05) is 18.2 Å². The maximum Gasteiger partial charge on any atom is 0.0784 e. The van der Waals surface area contributed by atoms with Crippen molar-refractivity contribution in [2.24, 2.45) is 0 Å². The lowest BCUT2D eigenvalue weighted by Gasteiger charge is -2.27. The van der Waals surface area contributed by atoms with Crippen LogP contribution in [0.4, 0.5) is 0 Å². The number of nitrogens with one attached hydrogen (secondary N) is 2. The van der Waals surface area contributed by atoms with Crippen LogP contribution in [0, 0.1) is 0 Å². The predicted molar refractivity (Wildman–Crippen MR) is 130 cm³/mol. The number of pyridine rings is 1. The molecule has 0 atom stereocenters. The number of fused-ring (bicyclic) bond motifs is 3. The van der Waals surface area contributed by atoms with Gasteiger partial charge in [0.05, 0.1) is 24.4 Å². The molecule has 5 rings (SSSR count). The molecule has 3 aromatic rings. The molecule has 172 valence electrons. The third-order valence-electron chi connectivity index (χ3n) is 6.83. The lowest BCUT2D eigenvalue weighted by Crippen LogP contribution is -2.44. The van der Waals surface area contributed by atoms with Gasteiger partial charge in [0.15, 0.2) is 0 Å². The van der Waals surface area contributed by atoms with Crippen molar-refractivity contribution in [3.05, 3.63) is 42.2 Å². The third kappa shape index (κ3) is 4.97. The van der Waals surface area contributed by atoms with E-state index in [0.717, 1.165) is 71.3 Å². The van der Waals surface area contributed by atoms with E-state index in [0.29, 0.717) is 0 Å². The topological polar surface area (TPSA) is 57.6 Å². The highest BCUT2D eigenvalue weighted by molar-refractivity contribution is 6.08. The Hall–Kier alpha value is -2.03. The number of rotatable bonds is 9. The van der Waals surface area contributed by atoms with Gasteiger partial charge in [-0.25, -0.2) is 0 Å². The average molecular weight is 437 g/mol. The molecule has 0 spiro atoms. The Morgan fingerprint density at radius 3 is 2.59 bits per heavy atom. The van der Waals surface area contributed by atoms with Crippen LogP contribution in [0.25, 0.3) is 21.8 Å². The summed E-state index contributed by atoms with van der Waals surface area (Å²) >= 11 is 0. The number of aromatic nitrogens is 2. The minimum atomic E-state index is 0.812. The molecule has 2 aliphatic rings. The fourth-order valence-electron chi connectivity index (χ4n) is 5.07. The van der Waals surface area contributed by atoms with E-state index in [1.807, 2.05) is 6.20 Å². The van der Waals surface area contributed by atoms with Gasteiger partial charge < -0.3 is 24.8 Å². The Bertz CT molecular complexity index is 1010. The molecule has 0 unspecified atom stereocenters. The summed E-state index contributed by atoms with van der Waals surface area (Å²) in [5, 5.41) is 9.73. The highest BCUT2D eigenvalue weighted by Gasteiger charge is 2.16. The molecule has 32 heavy (non-hydrogen) atoms. The van der Waals surface area contributed by atoms with E-state index in [1.54, 1.807) is 0 Å². The Morgan fingerprint density at radius 1 is 0.906 bits per heavy atom. The van der Waals surface area contributed by atoms with Gasteiger partial charge in [0.2, 0.25) is 0 Å². The molecular weight excluding hydrogens is 400 g/mol. The van der Waals surface area contributed by atoms with Crippen molar-refractivity contribution in [2.75, 3.05) is 72.1 Å². The molecular formula is C25H36N6O. The Balaban J connectivity index is 1.30. The Kier molecular flexibility index (Phi) is 7.31. The highest BCUT2D eigenvalue weighted by atomic mass is 16.5. The summed E-state index contributed by atoms with van der Waals surface area (Å²) in [6.45, 7) is 13.4. The lowest BCUT2D eigenvalue weighted by molar-refractivity contribution is 0.0366. The van der Waals surface area contributed by atoms with Crippen molar-refractivity contribution in [2.45, 2.75) is 19.5 Å². The summed E-state index contributed by atoms with van der Waals surface area (Å²) in [7, 11) is 0. The molecule has 2 aliphatic heterocycles. The van der Waals surface area contributed by atoms with Crippen LogP contribution in [-0.4, -0.2) is 91.5 Å². The molecule has 2 aromatic heterocycles. The first-order chi connectivity index (χ1) is 15.9. The van der Waals surface area contributed by atoms with Gasteiger partial charge in [-0.15, -0.1) is 0 Å². The van der Waals surface area contributed by atoms with Crippen LogP contribution >= 0.6 is 0 Å². The van der Waals surface area contributed by atoms with Gasteiger partial charge in [-0.3, -0.25) is 9.88 Å². The maximum absolute atomic E-state index is 5.53. The number of morpholine rings is 1. The monoisotopic (exact) mass is 436 g/mol. The number of ether oxygens (including phenoxy) is 1. The van der Waals surface area contributed by atoms with E-state index in [-0.39, 0.29) is 0 Å². The Labute approximate surface area is 190 Å². The van der Waals surface area contributed by atoms with Crippen LogP contribution < -0.4 is 10.6 Å². The van der Waals surface area contributed by atoms with E-state index in [4.69, 9.17) is 9.72 Å². The van der Waals surface area contributed by atoms with Crippen molar-refractivity contribution in [1.82, 2.24) is 30.0 Å². The number of hydrogen-bond donors (Lipinski definition) is 2. The molecule has 7 nitrogen and oxygen atoms in total. The molecule has 0 bridgehead atoms. The minimum Gasteiger partial charge on any atom is -0.379 e. The average Bonchev–Trinajstić information content (AvgIpc) is 3.18. The van der Waals surface area contributed by atoms with Gasteiger partial charge in [0, 0.05) is 81.4 Å². The quantitative estimate of drug-likeness (QED) is 0.500. The molecule has 2 fully saturated rings. The molecule has 7 heteroatoms. The lowest BCUT2D eigenvalue weighted by atomic mass is 10.1. The van der Waals surface area contributed by atoms with Gasteiger partial charge >= 0.3 is 0 Å². The molecule has 4 heterocycles. The standard InChI is InChI=1S/C25H36N6O/c1-2-5-24-21(4-1)22-6-8-28-23(20-27-7-3-11-29-12-9-26-10-13-29)25(22)31(24)15-14-30-16-18-32-19-17-30/h1-2,4-6,8,26-27H,3,7,9-20H2. The summed E-state index contributed by atoms with van der Waals surface area (Å²) in [5.74, 6) is 0. The van der Waals surface area contributed by atoms with E-state index >= 15 is 0 Å². The van der Waals surface area contributed by atoms with Crippen LogP contribution in [0.5, 0.6) is 0 Å². The Morgan fingerprint density at radius 2 is 1.72 bits per heavy atom. The fourth-order valence-corrected chi connectivity index (χ4v) is 5.07. The van der Waals surface area contributed by atoms with E-state index < -0.39 is 0 Å². The fraction of sp³-hybridized carbons (Fsp3) is 0.560. The van der Waals surface area contributed by atoms with Gasteiger partial charge in [0.1, 0.15) is 0 Å². The number of hydrogen-bond acceptors (Lipinski definition) is 6. The van der Waals surface area contributed by atoms with Crippen LogP contribution in [0.1, 0.15) is 12.1 Å². The van der Waals surface area contributed by atoms with E-state index in [1.165, 1.54) is 47.9 Å².